The van der Waals surface area contributed by atoms with E-state index in [9.17, 15) is 13.2 Å². The van der Waals surface area contributed by atoms with Gasteiger partial charge in [-0.15, -0.1) is 0 Å². The monoisotopic (exact) mass is 366 g/mol. The molecule has 1 amide bonds. The second-order valence-electron chi connectivity index (χ2n) is 5.55. The van der Waals surface area contributed by atoms with Gasteiger partial charge in [0.25, 0.3) is 5.91 Å². The van der Waals surface area contributed by atoms with Crippen LogP contribution >= 0.6 is 11.6 Å². The lowest BCUT2D eigenvalue weighted by Gasteiger charge is -2.13. The molecule has 0 aliphatic rings. The van der Waals surface area contributed by atoms with Crippen molar-refractivity contribution in [1.29, 1.82) is 0 Å². The van der Waals surface area contributed by atoms with Crippen LogP contribution in [-0.4, -0.2) is 39.1 Å². The topological polar surface area (TPSA) is 66.5 Å². The summed E-state index contributed by atoms with van der Waals surface area (Å²) in [6, 6.07) is 13.9. The van der Waals surface area contributed by atoms with E-state index in [0.29, 0.717) is 17.7 Å². The maximum Gasteiger partial charge on any atom is 0.254 e. The predicted octanol–water partition coefficient (Wildman–Crippen LogP) is 3.03. The van der Waals surface area contributed by atoms with E-state index in [2.05, 4.69) is 4.72 Å². The van der Waals surface area contributed by atoms with E-state index < -0.39 is 10.0 Å². The molecule has 0 saturated carbocycles. The normalized spacial score (nSPS) is 11.1. The molecule has 0 radical (unpaired) electrons. The summed E-state index contributed by atoms with van der Waals surface area (Å²) in [6.07, 6.45) is 0.418. The summed E-state index contributed by atoms with van der Waals surface area (Å²) in [5, 5.41) is 0.206. The summed E-state index contributed by atoms with van der Waals surface area (Å²) < 4.78 is 26.9. The Hall–Kier alpha value is -2.05. The average Bonchev–Trinajstić information content (AvgIpc) is 2.53. The van der Waals surface area contributed by atoms with Crippen LogP contribution in [0.4, 0.5) is 5.69 Å². The maximum absolute atomic E-state index is 12.2. The smallest absolute Gasteiger partial charge is 0.254 e. The largest absolute Gasteiger partial charge is 0.345 e. The molecule has 2 aromatic rings. The first kappa shape index (κ1) is 18.3. The molecule has 0 saturated heterocycles. The summed E-state index contributed by atoms with van der Waals surface area (Å²) in [4.78, 5) is 13.3. The predicted molar refractivity (Wildman–Crippen MR) is 97.0 cm³/mol. The first-order valence-electron chi connectivity index (χ1n) is 7.34. The third-order valence-electron chi connectivity index (χ3n) is 3.38. The standard InChI is InChI=1S/C17H19ClN2O3S/c1-20(2)17(21)15-9-8-14(12-16(15)18)19-24(22,23)11-10-13-6-4-3-5-7-13/h3-9,12,19H,10-11H2,1-2H3. The third kappa shape index (κ3) is 4.97. The fraction of sp³-hybridized carbons (Fsp3) is 0.235. The van der Waals surface area contributed by atoms with Gasteiger partial charge in [0.15, 0.2) is 0 Å². The molecule has 0 spiro atoms. The van der Waals surface area contributed by atoms with Gasteiger partial charge in [-0.2, -0.15) is 0 Å². The van der Waals surface area contributed by atoms with E-state index in [1.165, 1.54) is 23.1 Å². The molecular formula is C17H19ClN2O3S. The second kappa shape index (κ2) is 7.68. The van der Waals surface area contributed by atoms with E-state index >= 15 is 0 Å². The SMILES string of the molecule is CN(C)C(=O)c1ccc(NS(=O)(=O)CCc2ccccc2)cc1Cl. The van der Waals surface area contributed by atoms with E-state index in [-0.39, 0.29) is 16.7 Å². The van der Waals surface area contributed by atoms with Gasteiger partial charge in [0.05, 0.1) is 16.3 Å². The van der Waals surface area contributed by atoms with Gasteiger partial charge < -0.3 is 4.90 Å². The molecule has 0 unspecified atom stereocenters. The number of anilines is 1. The van der Waals surface area contributed by atoms with Crippen LogP contribution < -0.4 is 4.72 Å². The number of hydrogen-bond donors (Lipinski definition) is 1. The zero-order chi connectivity index (χ0) is 17.7. The number of sulfonamides is 1. The quantitative estimate of drug-likeness (QED) is 0.854. The fourth-order valence-electron chi connectivity index (χ4n) is 2.12. The Labute approximate surface area is 147 Å². The molecule has 0 heterocycles. The summed E-state index contributed by atoms with van der Waals surface area (Å²) in [5.41, 5.74) is 1.62. The molecular weight excluding hydrogens is 348 g/mol. The number of hydrogen-bond acceptors (Lipinski definition) is 3. The molecule has 1 N–H and O–H groups in total. The molecule has 128 valence electrons. The van der Waals surface area contributed by atoms with Crippen molar-refractivity contribution in [2.75, 3.05) is 24.6 Å². The molecule has 2 rings (SSSR count). The van der Waals surface area contributed by atoms with E-state index in [0.717, 1.165) is 5.56 Å². The van der Waals surface area contributed by atoms with Crippen molar-refractivity contribution in [3.63, 3.8) is 0 Å². The molecule has 5 nitrogen and oxygen atoms in total. The Morgan fingerprint density at radius 2 is 1.79 bits per heavy atom. The van der Waals surface area contributed by atoms with Crippen LogP contribution in [0.25, 0.3) is 0 Å². The highest BCUT2D eigenvalue weighted by Crippen LogP contribution is 2.23. The molecule has 0 aliphatic carbocycles. The van der Waals surface area contributed by atoms with Crippen molar-refractivity contribution in [2.24, 2.45) is 0 Å². The summed E-state index contributed by atoms with van der Waals surface area (Å²) in [7, 11) is -0.255. The minimum Gasteiger partial charge on any atom is -0.345 e. The third-order valence-corrected chi connectivity index (χ3v) is 4.98. The molecule has 0 fully saturated rings. The van der Waals surface area contributed by atoms with Crippen LogP contribution in [0.1, 0.15) is 15.9 Å². The molecule has 24 heavy (non-hydrogen) atoms. The van der Waals surface area contributed by atoms with Crippen LogP contribution in [0.15, 0.2) is 48.5 Å². The van der Waals surface area contributed by atoms with Gasteiger partial charge in [0.1, 0.15) is 0 Å². The van der Waals surface area contributed by atoms with Gasteiger partial charge in [0, 0.05) is 19.8 Å². The number of nitrogens with zero attached hydrogens (tertiary/aromatic N) is 1. The minimum atomic E-state index is -3.50. The molecule has 0 bridgehead atoms. The highest BCUT2D eigenvalue weighted by molar-refractivity contribution is 7.92. The lowest BCUT2D eigenvalue weighted by atomic mass is 10.2. The van der Waals surface area contributed by atoms with Crippen molar-refractivity contribution >= 4 is 33.2 Å². The lowest BCUT2D eigenvalue weighted by Crippen LogP contribution is -2.22. The van der Waals surface area contributed by atoms with Gasteiger partial charge >= 0.3 is 0 Å². The Balaban J connectivity index is 2.07. The van der Waals surface area contributed by atoms with Crippen molar-refractivity contribution in [3.8, 4) is 0 Å². The van der Waals surface area contributed by atoms with E-state index in [4.69, 9.17) is 11.6 Å². The number of benzene rings is 2. The average molecular weight is 367 g/mol. The summed E-state index contributed by atoms with van der Waals surface area (Å²) in [6.45, 7) is 0. The van der Waals surface area contributed by atoms with Crippen LogP contribution in [0.3, 0.4) is 0 Å². The van der Waals surface area contributed by atoms with Gasteiger partial charge in [-0.3, -0.25) is 9.52 Å². The van der Waals surface area contributed by atoms with Crippen LogP contribution in [0, 0.1) is 0 Å². The van der Waals surface area contributed by atoms with E-state index in [1.54, 1.807) is 14.1 Å². The first-order chi connectivity index (χ1) is 11.3. The number of carbonyl (C=O) groups excluding carboxylic acids is 1. The van der Waals surface area contributed by atoms with Crippen molar-refractivity contribution < 1.29 is 13.2 Å². The number of rotatable bonds is 6. The summed E-state index contributed by atoms with van der Waals surface area (Å²) in [5.74, 6) is -0.272. The first-order valence-corrected chi connectivity index (χ1v) is 9.37. The van der Waals surface area contributed by atoms with Gasteiger partial charge in [0.2, 0.25) is 10.0 Å². The molecule has 0 atom stereocenters. The summed E-state index contributed by atoms with van der Waals surface area (Å²) >= 11 is 6.09. The Morgan fingerprint density at radius 1 is 1.12 bits per heavy atom. The van der Waals surface area contributed by atoms with Gasteiger partial charge in [-0.25, -0.2) is 8.42 Å². The highest BCUT2D eigenvalue weighted by Gasteiger charge is 2.15. The van der Waals surface area contributed by atoms with Gasteiger partial charge in [-0.1, -0.05) is 41.9 Å². The zero-order valence-corrected chi connectivity index (χ0v) is 15.1. The van der Waals surface area contributed by atoms with Crippen LogP contribution in [-0.2, 0) is 16.4 Å². The van der Waals surface area contributed by atoms with Crippen molar-refractivity contribution in [3.05, 3.63) is 64.7 Å². The number of carbonyl (C=O) groups is 1. The lowest BCUT2D eigenvalue weighted by molar-refractivity contribution is 0.0828. The van der Waals surface area contributed by atoms with Crippen LogP contribution in [0.5, 0.6) is 0 Å². The number of nitrogens with one attached hydrogen (secondary N) is 1. The Morgan fingerprint density at radius 3 is 2.38 bits per heavy atom. The maximum atomic E-state index is 12.2. The van der Waals surface area contributed by atoms with Crippen molar-refractivity contribution in [1.82, 2.24) is 4.90 Å². The molecule has 7 heteroatoms. The molecule has 0 aromatic heterocycles. The van der Waals surface area contributed by atoms with Crippen molar-refractivity contribution in [2.45, 2.75) is 6.42 Å². The number of halogens is 1. The Bertz CT molecular complexity index is 821. The van der Waals surface area contributed by atoms with E-state index in [1.807, 2.05) is 30.3 Å². The number of aryl methyl sites for hydroxylation is 1. The van der Waals surface area contributed by atoms with Gasteiger partial charge in [-0.05, 0) is 30.2 Å². The zero-order valence-electron chi connectivity index (χ0n) is 13.5. The second-order valence-corrected chi connectivity index (χ2v) is 7.80. The Kier molecular flexibility index (Phi) is 5.85. The molecule has 0 aliphatic heterocycles. The molecule has 2 aromatic carbocycles. The minimum absolute atomic E-state index is 0.0347. The fourth-order valence-corrected chi connectivity index (χ4v) is 3.47. The highest BCUT2D eigenvalue weighted by atomic mass is 35.5. The van der Waals surface area contributed by atoms with Crippen LogP contribution in [0.2, 0.25) is 5.02 Å². The number of amides is 1.